The molecule has 0 atom stereocenters. The van der Waals surface area contributed by atoms with Crippen LogP contribution in [-0.4, -0.2) is 94.4 Å². The average molecular weight is 435 g/mol. The Kier molecular flexibility index (Phi) is 9.70. The van der Waals surface area contributed by atoms with E-state index < -0.39 is 50.7 Å². The predicted octanol–water partition coefficient (Wildman–Crippen LogP) is -0.179. The van der Waals surface area contributed by atoms with Gasteiger partial charge < -0.3 is 40.4 Å². The number of aliphatic hydroxyl groups is 6. The second-order valence-corrected chi connectivity index (χ2v) is 7.73. The first kappa shape index (κ1) is 25.1. The van der Waals surface area contributed by atoms with Gasteiger partial charge in [-0.25, -0.2) is 0 Å². The standard InChI is InChI=1S/C23H34N2O6/c26-14-22(15-27,16-28)24(20-8-3-1-4-9-20)12-7-13-25(21-10-5-2-6-11-21)23(17-29,18-30)19-31/h1-6,8-11,26-31H,7,12-19H2. The van der Waals surface area contributed by atoms with Crippen LogP contribution >= 0.6 is 0 Å². The SMILES string of the molecule is OCC(CO)(CO)N(CCCN(c1ccccc1)C(CO)(CO)CO)c1ccccc1. The number of anilines is 2. The van der Waals surface area contributed by atoms with Gasteiger partial charge in [-0.2, -0.15) is 0 Å². The summed E-state index contributed by atoms with van der Waals surface area (Å²) in [5, 5.41) is 59.8. The predicted molar refractivity (Wildman–Crippen MR) is 120 cm³/mol. The molecule has 2 aromatic rings. The Balaban J connectivity index is 2.30. The molecule has 0 aliphatic heterocycles. The van der Waals surface area contributed by atoms with Crippen molar-refractivity contribution in [3.05, 3.63) is 60.7 Å². The normalized spacial score (nSPS) is 12.1. The maximum absolute atomic E-state index is 9.97. The molecule has 0 spiro atoms. The molecule has 0 fully saturated rings. The average Bonchev–Trinajstić information content (AvgIpc) is 2.85. The van der Waals surface area contributed by atoms with Crippen LogP contribution < -0.4 is 9.80 Å². The van der Waals surface area contributed by atoms with E-state index in [1.54, 1.807) is 9.80 Å². The third-order valence-electron chi connectivity index (χ3n) is 5.81. The highest BCUT2D eigenvalue weighted by Crippen LogP contribution is 2.27. The van der Waals surface area contributed by atoms with Gasteiger partial charge in [0.15, 0.2) is 0 Å². The van der Waals surface area contributed by atoms with Crippen LogP contribution in [0.15, 0.2) is 60.7 Å². The quantitative estimate of drug-likeness (QED) is 0.242. The topological polar surface area (TPSA) is 128 Å². The number of aliphatic hydroxyl groups excluding tert-OH is 6. The van der Waals surface area contributed by atoms with Gasteiger partial charge in [0.25, 0.3) is 0 Å². The Morgan fingerprint density at radius 2 is 0.774 bits per heavy atom. The second kappa shape index (κ2) is 12.0. The smallest absolute Gasteiger partial charge is 0.109 e. The molecule has 172 valence electrons. The van der Waals surface area contributed by atoms with Crippen LogP contribution in [0.25, 0.3) is 0 Å². The van der Waals surface area contributed by atoms with Gasteiger partial charge in [0, 0.05) is 24.5 Å². The molecule has 0 unspecified atom stereocenters. The van der Waals surface area contributed by atoms with Crippen LogP contribution in [0.4, 0.5) is 11.4 Å². The monoisotopic (exact) mass is 434 g/mol. The van der Waals surface area contributed by atoms with Gasteiger partial charge in [-0.3, -0.25) is 0 Å². The molecule has 0 aliphatic rings. The molecular weight excluding hydrogens is 400 g/mol. The maximum atomic E-state index is 9.97. The lowest BCUT2D eigenvalue weighted by Crippen LogP contribution is -2.60. The van der Waals surface area contributed by atoms with Gasteiger partial charge in [0.1, 0.15) is 11.1 Å². The molecule has 0 saturated heterocycles. The molecule has 0 aliphatic carbocycles. The van der Waals surface area contributed by atoms with E-state index in [0.717, 1.165) is 11.4 Å². The van der Waals surface area contributed by atoms with Gasteiger partial charge in [0.2, 0.25) is 0 Å². The lowest BCUT2D eigenvalue weighted by molar-refractivity contribution is 0.0595. The highest BCUT2D eigenvalue weighted by atomic mass is 16.3. The fourth-order valence-corrected chi connectivity index (χ4v) is 3.70. The second-order valence-electron chi connectivity index (χ2n) is 7.73. The third kappa shape index (κ3) is 5.54. The van der Waals surface area contributed by atoms with Crippen molar-refractivity contribution in [1.29, 1.82) is 0 Å². The van der Waals surface area contributed by atoms with Gasteiger partial charge in [-0.1, -0.05) is 36.4 Å². The summed E-state index contributed by atoms with van der Waals surface area (Å²) in [4.78, 5) is 3.55. The Labute approximate surface area is 183 Å². The van der Waals surface area contributed by atoms with Gasteiger partial charge in [0.05, 0.1) is 39.6 Å². The Morgan fingerprint density at radius 3 is 1.03 bits per heavy atom. The van der Waals surface area contributed by atoms with Crippen LogP contribution in [0.3, 0.4) is 0 Å². The van der Waals surface area contributed by atoms with Crippen molar-refractivity contribution in [1.82, 2.24) is 0 Å². The Hall–Kier alpha value is -2.20. The summed E-state index contributed by atoms with van der Waals surface area (Å²) < 4.78 is 0. The summed E-state index contributed by atoms with van der Waals surface area (Å²) in [6, 6.07) is 18.4. The first-order chi connectivity index (χ1) is 15.1. The zero-order chi connectivity index (χ0) is 22.7. The molecule has 0 radical (unpaired) electrons. The summed E-state index contributed by atoms with van der Waals surface area (Å²) in [6.07, 6.45) is 0.493. The Morgan fingerprint density at radius 1 is 0.484 bits per heavy atom. The highest BCUT2D eigenvalue weighted by molar-refractivity contribution is 5.51. The van der Waals surface area contributed by atoms with E-state index >= 15 is 0 Å². The molecule has 2 rings (SSSR count). The van der Waals surface area contributed by atoms with Crippen LogP contribution in [0, 0.1) is 0 Å². The summed E-state index contributed by atoms with van der Waals surface area (Å²) in [6.45, 7) is -1.90. The van der Waals surface area contributed by atoms with Crippen molar-refractivity contribution in [3.63, 3.8) is 0 Å². The van der Waals surface area contributed by atoms with E-state index in [4.69, 9.17) is 0 Å². The van der Waals surface area contributed by atoms with Gasteiger partial charge in [-0.15, -0.1) is 0 Å². The van der Waals surface area contributed by atoms with E-state index in [-0.39, 0.29) is 0 Å². The van der Waals surface area contributed by atoms with Gasteiger partial charge >= 0.3 is 0 Å². The zero-order valence-corrected chi connectivity index (χ0v) is 17.7. The fraction of sp³-hybridized carbons (Fsp3) is 0.478. The number of benzene rings is 2. The minimum atomic E-state index is -1.25. The molecule has 31 heavy (non-hydrogen) atoms. The number of para-hydroxylation sites is 2. The molecule has 8 nitrogen and oxygen atoms in total. The number of rotatable bonds is 14. The van der Waals surface area contributed by atoms with Crippen molar-refractivity contribution in [2.24, 2.45) is 0 Å². The number of nitrogens with zero attached hydrogens (tertiary/aromatic N) is 2. The maximum Gasteiger partial charge on any atom is 0.109 e. The van der Waals surface area contributed by atoms with Crippen molar-refractivity contribution in [3.8, 4) is 0 Å². The lowest BCUT2D eigenvalue weighted by Gasteiger charge is -2.44. The number of hydrogen-bond donors (Lipinski definition) is 6. The molecule has 0 heterocycles. The molecule has 8 heteroatoms. The third-order valence-corrected chi connectivity index (χ3v) is 5.81. The van der Waals surface area contributed by atoms with Crippen LogP contribution in [0.1, 0.15) is 6.42 Å². The molecule has 0 aromatic heterocycles. The minimum absolute atomic E-state index is 0.368. The molecule has 0 amide bonds. The number of hydrogen-bond acceptors (Lipinski definition) is 8. The molecule has 0 bridgehead atoms. The van der Waals surface area contributed by atoms with Crippen molar-refractivity contribution in [2.75, 3.05) is 62.5 Å². The van der Waals surface area contributed by atoms with Crippen molar-refractivity contribution >= 4 is 11.4 Å². The van der Waals surface area contributed by atoms with Gasteiger partial charge in [-0.05, 0) is 30.7 Å². The molecule has 0 saturated carbocycles. The largest absolute Gasteiger partial charge is 0.394 e. The summed E-state index contributed by atoms with van der Waals surface area (Å²) in [7, 11) is 0. The van der Waals surface area contributed by atoms with E-state index in [2.05, 4.69) is 0 Å². The van der Waals surface area contributed by atoms with Crippen LogP contribution in [0.2, 0.25) is 0 Å². The van der Waals surface area contributed by atoms with Crippen molar-refractivity contribution < 1.29 is 30.6 Å². The van der Waals surface area contributed by atoms with Crippen molar-refractivity contribution in [2.45, 2.75) is 17.5 Å². The first-order valence-corrected chi connectivity index (χ1v) is 10.4. The van der Waals surface area contributed by atoms with E-state index in [1.807, 2.05) is 60.7 Å². The zero-order valence-electron chi connectivity index (χ0n) is 17.7. The van der Waals surface area contributed by atoms with E-state index in [9.17, 15) is 30.6 Å². The van der Waals surface area contributed by atoms with E-state index in [0.29, 0.717) is 19.5 Å². The van der Waals surface area contributed by atoms with E-state index in [1.165, 1.54) is 0 Å². The lowest BCUT2D eigenvalue weighted by atomic mass is 9.97. The van der Waals surface area contributed by atoms with Crippen LogP contribution in [-0.2, 0) is 0 Å². The summed E-state index contributed by atoms with van der Waals surface area (Å²) in [5.74, 6) is 0. The molecular formula is C23H34N2O6. The summed E-state index contributed by atoms with van der Waals surface area (Å²) >= 11 is 0. The fourth-order valence-electron chi connectivity index (χ4n) is 3.70. The van der Waals surface area contributed by atoms with Crippen LogP contribution in [0.5, 0.6) is 0 Å². The molecule has 6 N–H and O–H groups in total. The highest BCUT2D eigenvalue weighted by Gasteiger charge is 2.38. The minimum Gasteiger partial charge on any atom is -0.394 e. The molecule has 2 aromatic carbocycles. The Bertz CT molecular complexity index is 658. The first-order valence-electron chi connectivity index (χ1n) is 10.4. The summed E-state index contributed by atoms with van der Waals surface area (Å²) in [5.41, 5.74) is -1.02.